The molecule has 0 saturated carbocycles. The van der Waals surface area contributed by atoms with E-state index in [1.54, 1.807) is 24.3 Å². The SMILES string of the molecule is CC1(C)O[C@@H]2c3ccc(O)cc3OC[C@]2(Cc2ccc(O)c(O)c2)O1. The Hall–Kier alpha value is -2.44. The zero-order valence-electron chi connectivity index (χ0n) is 14.0. The third kappa shape index (κ3) is 2.67. The Kier molecular flexibility index (Phi) is 3.39. The van der Waals surface area contributed by atoms with Crippen LogP contribution in [0.1, 0.15) is 31.1 Å². The van der Waals surface area contributed by atoms with Crippen LogP contribution in [0.3, 0.4) is 0 Å². The predicted octanol–water partition coefficient (Wildman–Crippen LogP) is 3.00. The van der Waals surface area contributed by atoms with Crippen LogP contribution in [-0.4, -0.2) is 33.3 Å². The molecule has 2 aliphatic heterocycles. The Labute approximate surface area is 145 Å². The molecule has 0 aromatic heterocycles. The number of phenolic OH excluding ortho intramolecular Hbond substituents is 3. The van der Waals surface area contributed by atoms with Crippen LogP contribution in [0, 0.1) is 0 Å². The van der Waals surface area contributed by atoms with Gasteiger partial charge in [0.05, 0.1) is 0 Å². The van der Waals surface area contributed by atoms with Crippen molar-refractivity contribution >= 4 is 0 Å². The summed E-state index contributed by atoms with van der Waals surface area (Å²) in [6.45, 7) is 3.95. The summed E-state index contributed by atoms with van der Waals surface area (Å²) in [7, 11) is 0. The van der Waals surface area contributed by atoms with E-state index in [4.69, 9.17) is 14.2 Å². The van der Waals surface area contributed by atoms with Crippen molar-refractivity contribution in [3.8, 4) is 23.0 Å². The summed E-state index contributed by atoms with van der Waals surface area (Å²) in [6, 6.07) is 9.65. The van der Waals surface area contributed by atoms with Crippen molar-refractivity contribution in [2.75, 3.05) is 6.61 Å². The van der Waals surface area contributed by atoms with Crippen molar-refractivity contribution < 1.29 is 29.5 Å². The summed E-state index contributed by atoms with van der Waals surface area (Å²) in [5.41, 5.74) is 0.849. The lowest BCUT2D eigenvalue weighted by atomic mass is 9.84. The first-order chi connectivity index (χ1) is 11.8. The molecule has 2 aliphatic rings. The standard InChI is InChI=1S/C19H20O6/c1-18(2)24-17-13-5-4-12(20)8-16(13)23-10-19(17,25-18)9-11-3-6-14(21)15(22)7-11/h3-8,17,20-22H,9-10H2,1-2H3/t17-,19+/m1/s1. The molecule has 0 bridgehead atoms. The second-order valence-electron chi connectivity index (χ2n) is 7.08. The minimum atomic E-state index is -0.799. The monoisotopic (exact) mass is 344 g/mol. The molecule has 0 aliphatic carbocycles. The minimum Gasteiger partial charge on any atom is -0.508 e. The van der Waals surface area contributed by atoms with Crippen LogP contribution in [0.15, 0.2) is 36.4 Å². The fraction of sp³-hybridized carbons (Fsp3) is 0.368. The lowest BCUT2D eigenvalue weighted by Crippen LogP contribution is -2.46. The lowest BCUT2D eigenvalue weighted by Gasteiger charge is -2.37. The van der Waals surface area contributed by atoms with Gasteiger partial charge in [0.1, 0.15) is 29.8 Å². The van der Waals surface area contributed by atoms with Gasteiger partial charge in [-0.1, -0.05) is 6.07 Å². The second-order valence-corrected chi connectivity index (χ2v) is 7.08. The van der Waals surface area contributed by atoms with Crippen LogP contribution in [0.25, 0.3) is 0 Å². The lowest BCUT2D eigenvalue weighted by molar-refractivity contribution is -0.167. The van der Waals surface area contributed by atoms with Crippen molar-refractivity contribution in [1.29, 1.82) is 0 Å². The topological polar surface area (TPSA) is 88.4 Å². The molecule has 0 amide bonds. The summed E-state index contributed by atoms with van der Waals surface area (Å²) in [5, 5.41) is 29.0. The number of phenols is 3. The Balaban J connectivity index is 1.75. The molecular weight excluding hydrogens is 324 g/mol. The molecular formula is C19H20O6. The van der Waals surface area contributed by atoms with Gasteiger partial charge in [0.25, 0.3) is 0 Å². The summed E-state index contributed by atoms with van der Waals surface area (Å²) in [4.78, 5) is 0. The highest BCUT2D eigenvalue weighted by atomic mass is 16.8. The molecule has 3 N–H and O–H groups in total. The van der Waals surface area contributed by atoms with Crippen LogP contribution in [-0.2, 0) is 15.9 Å². The summed E-state index contributed by atoms with van der Waals surface area (Å²) in [5.74, 6) is -0.427. The molecule has 2 aromatic rings. The van der Waals surface area contributed by atoms with E-state index in [-0.39, 0.29) is 30.0 Å². The van der Waals surface area contributed by atoms with Gasteiger partial charge in [0.15, 0.2) is 17.3 Å². The molecule has 2 aromatic carbocycles. The quantitative estimate of drug-likeness (QED) is 0.726. The molecule has 25 heavy (non-hydrogen) atoms. The number of benzene rings is 2. The molecule has 4 rings (SSSR count). The van der Waals surface area contributed by atoms with Gasteiger partial charge in [-0.2, -0.15) is 0 Å². The van der Waals surface area contributed by atoms with Gasteiger partial charge in [-0.25, -0.2) is 0 Å². The highest BCUT2D eigenvalue weighted by Crippen LogP contribution is 2.53. The first-order valence-corrected chi connectivity index (χ1v) is 8.13. The first kappa shape index (κ1) is 16.1. The Morgan fingerprint density at radius 1 is 1.04 bits per heavy atom. The zero-order chi connectivity index (χ0) is 17.8. The highest BCUT2D eigenvalue weighted by Gasteiger charge is 2.57. The van der Waals surface area contributed by atoms with E-state index >= 15 is 0 Å². The Bertz CT molecular complexity index is 831. The van der Waals surface area contributed by atoms with Gasteiger partial charge in [0, 0.05) is 18.1 Å². The van der Waals surface area contributed by atoms with Gasteiger partial charge in [0.2, 0.25) is 0 Å². The van der Waals surface area contributed by atoms with Crippen molar-refractivity contribution in [1.82, 2.24) is 0 Å². The summed E-state index contributed by atoms with van der Waals surface area (Å²) in [6.07, 6.45) is 0.0673. The van der Waals surface area contributed by atoms with Crippen molar-refractivity contribution in [3.05, 3.63) is 47.5 Å². The molecule has 6 heteroatoms. The number of hydrogen-bond donors (Lipinski definition) is 3. The van der Waals surface area contributed by atoms with Crippen LogP contribution < -0.4 is 4.74 Å². The van der Waals surface area contributed by atoms with Crippen molar-refractivity contribution in [3.63, 3.8) is 0 Å². The molecule has 1 saturated heterocycles. The number of rotatable bonds is 2. The van der Waals surface area contributed by atoms with E-state index < -0.39 is 11.4 Å². The average Bonchev–Trinajstić information content (AvgIpc) is 2.81. The largest absolute Gasteiger partial charge is 0.508 e. The second kappa shape index (κ2) is 5.28. The number of ether oxygens (including phenoxy) is 3. The van der Waals surface area contributed by atoms with Crippen molar-refractivity contribution in [2.45, 2.75) is 37.8 Å². The van der Waals surface area contributed by atoms with E-state index in [0.717, 1.165) is 11.1 Å². The summed E-state index contributed by atoms with van der Waals surface area (Å²) >= 11 is 0. The number of aromatic hydroxyl groups is 3. The van der Waals surface area contributed by atoms with Crippen LogP contribution in [0.5, 0.6) is 23.0 Å². The number of hydrogen-bond acceptors (Lipinski definition) is 6. The maximum absolute atomic E-state index is 9.78. The van der Waals surface area contributed by atoms with Crippen LogP contribution >= 0.6 is 0 Å². The summed E-state index contributed by atoms with van der Waals surface area (Å²) < 4.78 is 18.3. The van der Waals surface area contributed by atoms with Gasteiger partial charge < -0.3 is 29.5 Å². The number of fused-ring (bicyclic) bond motifs is 3. The van der Waals surface area contributed by atoms with Gasteiger partial charge >= 0.3 is 0 Å². The molecule has 2 heterocycles. The van der Waals surface area contributed by atoms with Crippen molar-refractivity contribution in [2.24, 2.45) is 0 Å². The normalized spacial score (nSPS) is 26.6. The van der Waals surface area contributed by atoms with Gasteiger partial charge in [-0.05, 0) is 43.7 Å². The highest BCUT2D eigenvalue weighted by molar-refractivity contribution is 5.46. The molecule has 1 fully saturated rings. The fourth-order valence-electron chi connectivity index (χ4n) is 3.68. The van der Waals surface area contributed by atoms with Gasteiger partial charge in [-0.15, -0.1) is 0 Å². The van der Waals surface area contributed by atoms with Crippen LogP contribution in [0.2, 0.25) is 0 Å². The fourth-order valence-corrected chi connectivity index (χ4v) is 3.68. The molecule has 0 radical (unpaired) electrons. The molecule has 132 valence electrons. The van der Waals surface area contributed by atoms with E-state index in [9.17, 15) is 15.3 Å². The maximum atomic E-state index is 9.78. The predicted molar refractivity (Wildman–Crippen MR) is 88.8 cm³/mol. The van der Waals surface area contributed by atoms with E-state index in [2.05, 4.69) is 0 Å². The van der Waals surface area contributed by atoms with Crippen LogP contribution in [0.4, 0.5) is 0 Å². The Morgan fingerprint density at radius 3 is 2.60 bits per heavy atom. The average molecular weight is 344 g/mol. The third-order valence-electron chi connectivity index (χ3n) is 4.62. The Morgan fingerprint density at radius 2 is 1.84 bits per heavy atom. The first-order valence-electron chi connectivity index (χ1n) is 8.13. The van der Waals surface area contributed by atoms with E-state index in [0.29, 0.717) is 12.2 Å². The van der Waals surface area contributed by atoms with E-state index in [1.807, 2.05) is 13.8 Å². The maximum Gasteiger partial charge on any atom is 0.164 e. The molecule has 2 atom stereocenters. The smallest absolute Gasteiger partial charge is 0.164 e. The molecule has 0 unspecified atom stereocenters. The van der Waals surface area contributed by atoms with Gasteiger partial charge in [-0.3, -0.25) is 0 Å². The zero-order valence-corrected chi connectivity index (χ0v) is 14.0. The third-order valence-corrected chi connectivity index (χ3v) is 4.62. The van der Waals surface area contributed by atoms with E-state index in [1.165, 1.54) is 12.1 Å². The minimum absolute atomic E-state index is 0.132. The molecule has 0 spiro atoms. The molecule has 6 nitrogen and oxygen atoms in total.